The van der Waals surface area contributed by atoms with Crippen LogP contribution in [0.15, 0.2) is 71.6 Å². The average molecular weight is 421 g/mol. The van der Waals surface area contributed by atoms with Crippen molar-refractivity contribution >= 4 is 21.6 Å². The smallest absolute Gasteiger partial charge is 0.258 e. The molecule has 0 radical (unpaired) electrons. The highest BCUT2D eigenvalue weighted by molar-refractivity contribution is 7.89. The molecule has 1 amide bonds. The number of aryl methyl sites for hydroxylation is 2. The molecule has 154 valence electrons. The zero-order valence-corrected chi connectivity index (χ0v) is 17.9. The monoisotopic (exact) mass is 420 g/mol. The van der Waals surface area contributed by atoms with E-state index >= 15 is 0 Å². The first-order chi connectivity index (χ1) is 14.3. The molecule has 1 aliphatic rings. The lowest BCUT2D eigenvalue weighted by Gasteiger charge is -2.18. The highest BCUT2D eigenvalue weighted by Crippen LogP contribution is 2.30. The lowest BCUT2D eigenvalue weighted by atomic mass is 10.1. The number of nitrogens with zero attached hydrogens (tertiary/aromatic N) is 1. The van der Waals surface area contributed by atoms with Crippen molar-refractivity contribution in [3.8, 4) is 0 Å². The summed E-state index contributed by atoms with van der Waals surface area (Å²) in [7, 11) is -3.59. The number of carbonyl (C=O) groups excluding carboxylic acids is 1. The molecule has 6 heteroatoms. The van der Waals surface area contributed by atoms with Gasteiger partial charge in [-0.2, -0.15) is 0 Å². The molecule has 5 nitrogen and oxygen atoms in total. The SMILES string of the molecule is Cc1ccc(S(=O)(=O)NCc2ccc3c(c2)CCN3C(=O)c2ccccc2)c(C)c1. The van der Waals surface area contributed by atoms with Gasteiger partial charge in [0.1, 0.15) is 0 Å². The maximum atomic E-state index is 12.8. The quantitative estimate of drug-likeness (QED) is 0.679. The van der Waals surface area contributed by atoms with Crippen molar-refractivity contribution in [2.24, 2.45) is 0 Å². The van der Waals surface area contributed by atoms with Gasteiger partial charge in [-0.25, -0.2) is 13.1 Å². The van der Waals surface area contributed by atoms with Gasteiger partial charge in [0, 0.05) is 24.3 Å². The number of fused-ring (bicyclic) bond motifs is 1. The van der Waals surface area contributed by atoms with Crippen molar-refractivity contribution in [3.63, 3.8) is 0 Å². The first-order valence-electron chi connectivity index (χ1n) is 9.91. The molecule has 0 bridgehead atoms. The fraction of sp³-hybridized carbons (Fsp3) is 0.208. The predicted molar refractivity (Wildman–Crippen MR) is 118 cm³/mol. The van der Waals surface area contributed by atoms with E-state index in [2.05, 4.69) is 4.72 Å². The number of hydrogen-bond donors (Lipinski definition) is 1. The Morgan fingerprint density at radius 3 is 2.50 bits per heavy atom. The van der Waals surface area contributed by atoms with Crippen LogP contribution in [0.25, 0.3) is 0 Å². The van der Waals surface area contributed by atoms with Crippen LogP contribution in [0.3, 0.4) is 0 Å². The molecule has 0 unspecified atom stereocenters. The van der Waals surface area contributed by atoms with Crippen molar-refractivity contribution in [1.29, 1.82) is 0 Å². The van der Waals surface area contributed by atoms with Gasteiger partial charge in [0.05, 0.1) is 4.90 Å². The number of anilines is 1. The zero-order valence-electron chi connectivity index (χ0n) is 17.1. The summed E-state index contributed by atoms with van der Waals surface area (Å²) in [4.78, 5) is 14.9. The summed E-state index contributed by atoms with van der Waals surface area (Å²) >= 11 is 0. The number of carbonyl (C=O) groups is 1. The third kappa shape index (κ3) is 4.01. The van der Waals surface area contributed by atoms with E-state index in [4.69, 9.17) is 0 Å². The molecule has 0 saturated carbocycles. The topological polar surface area (TPSA) is 66.5 Å². The van der Waals surface area contributed by atoms with E-state index in [-0.39, 0.29) is 12.5 Å². The van der Waals surface area contributed by atoms with Crippen LogP contribution in [0, 0.1) is 13.8 Å². The van der Waals surface area contributed by atoms with Gasteiger partial charge < -0.3 is 4.90 Å². The molecular weight excluding hydrogens is 396 g/mol. The molecule has 1 heterocycles. The highest BCUT2D eigenvalue weighted by atomic mass is 32.2. The largest absolute Gasteiger partial charge is 0.308 e. The molecule has 4 rings (SSSR count). The number of amides is 1. The molecule has 3 aromatic carbocycles. The van der Waals surface area contributed by atoms with E-state index in [0.717, 1.165) is 34.4 Å². The molecule has 3 aromatic rings. The van der Waals surface area contributed by atoms with Gasteiger partial charge in [-0.1, -0.05) is 48.0 Å². The van der Waals surface area contributed by atoms with Crippen molar-refractivity contribution in [2.45, 2.75) is 31.7 Å². The molecular formula is C24H24N2O3S. The summed E-state index contributed by atoms with van der Waals surface area (Å²) in [6.07, 6.45) is 0.756. The van der Waals surface area contributed by atoms with Gasteiger partial charge in [-0.05, 0) is 61.2 Å². The Morgan fingerprint density at radius 2 is 1.77 bits per heavy atom. The van der Waals surface area contributed by atoms with Crippen LogP contribution in [-0.4, -0.2) is 20.9 Å². The van der Waals surface area contributed by atoms with Crippen LogP contribution < -0.4 is 9.62 Å². The fourth-order valence-corrected chi connectivity index (χ4v) is 5.11. The summed E-state index contributed by atoms with van der Waals surface area (Å²) in [5.41, 5.74) is 5.24. The van der Waals surface area contributed by atoms with Gasteiger partial charge in [-0.3, -0.25) is 4.79 Å². The maximum absolute atomic E-state index is 12.8. The summed E-state index contributed by atoms with van der Waals surface area (Å²) in [6, 6.07) is 20.3. The molecule has 0 aromatic heterocycles. The predicted octanol–water partition coefficient (Wildman–Crippen LogP) is 3.98. The number of benzene rings is 3. The number of rotatable bonds is 5. The van der Waals surface area contributed by atoms with Crippen LogP contribution in [0.1, 0.15) is 32.6 Å². The van der Waals surface area contributed by atoms with E-state index < -0.39 is 10.0 Å². The van der Waals surface area contributed by atoms with Gasteiger partial charge in [-0.15, -0.1) is 0 Å². The first-order valence-corrected chi connectivity index (χ1v) is 11.4. The Hall–Kier alpha value is -2.96. The summed E-state index contributed by atoms with van der Waals surface area (Å²) in [5, 5.41) is 0. The zero-order chi connectivity index (χ0) is 21.3. The van der Waals surface area contributed by atoms with Gasteiger partial charge in [0.2, 0.25) is 10.0 Å². The molecule has 1 aliphatic heterocycles. The minimum Gasteiger partial charge on any atom is -0.308 e. The lowest BCUT2D eigenvalue weighted by molar-refractivity contribution is 0.0989. The second kappa shape index (κ2) is 8.05. The summed E-state index contributed by atoms with van der Waals surface area (Å²) < 4.78 is 28.1. The highest BCUT2D eigenvalue weighted by Gasteiger charge is 2.26. The fourth-order valence-electron chi connectivity index (χ4n) is 3.87. The average Bonchev–Trinajstić information content (AvgIpc) is 3.15. The number of sulfonamides is 1. The minimum absolute atomic E-state index is 0.0161. The van der Waals surface area contributed by atoms with E-state index in [1.54, 1.807) is 24.0 Å². The normalized spacial score (nSPS) is 13.3. The minimum atomic E-state index is -3.59. The first kappa shape index (κ1) is 20.3. The Balaban J connectivity index is 1.50. The molecule has 0 spiro atoms. The third-order valence-corrected chi connectivity index (χ3v) is 6.95. The van der Waals surface area contributed by atoms with Gasteiger partial charge >= 0.3 is 0 Å². The Bertz CT molecular complexity index is 1200. The van der Waals surface area contributed by atoms with Crippen LogP contribution in [0.5, 0.6) is 0 Å². The summed E-state index contributed by atoms with van der Waals surface area (Å²) in [5.74, 6) is -0.0161. The van der Waals surface area contributed by atoms with Crippen LogP contribution >= 0.6 is 0 Å². The number of hydrogen-bond acceptors (Lipinski definition) is 3. The second-order valence-corrected chi connectivity index (χ2v) is 9.36. The molecule has 0 fully saturated rings. The van der Waals surface area contributed by atoms with Crippen LogP contribution in [0.4, 0.5) is 5.69 Å². The molecule has 0 atom stereocenters. The number of nitrogens with one attached hydrogen (secondary N) is 1. The standard InChI is InChI=1S/C24H24N2O3S/c1-17-8-11-23(18(2)14-17)30(28,29)25-16-19-9-10-22-21(15-19)12-13-26(22)24(27)20-6-4-3-5-7-20/h3-11,14-15,25H,12-13,16H2,1-2H3. The molecule has 1 N–H and O–H groups in total. The van der Waals surface area contributed by atoms with Crippen LogP contribution in [-0.2, 0) is 23.0 Å². The van der Waals surface area contributed by atoms with Gasteiger partial charge in [0.15, 0.2) is 0 Å². The van der Waals surface area contributed by atoms with Crippen LogP contribution in [0.2, 0.25) is 0 Å². The Morgan fingerprint density at radius 1 is 1.00 bits per heavy atom. The van der Waals surface area contributed by atoms with Crippen molar-refractivity contribution in [2.75, 3.05) is 11.4 Å². The van der Waals surface area contributed by atoms with E-state index in [9.17, 15) is 13.2 Å². The molecule has 0 saturated heterocycles. The van der Waals surface area contributed by atoms with Gasteiger partial charge in [0.25, 0.3) is 5.91 Å². The Kier molecular flexibility index (Phi) is 5.45. The Labute approximate surface area is 177 Å². The lowest BCUT2D eigenvalue weighted by Crippen LogP contribution is -2.28. The van der Waals surface area contributed by atoms with Crippen molar-refractivity contribution < 1.29 is 13.2 Å². The molecule has 0 aliphatic carbocycles. The molecule has 30 heavy (non-hydrogen) atoms. The third-order valence-electron chi connectivity index (χ3n) is 5.39. The van der Waals surface area contributed by atoms with E-state index in [0.29, 0.717) is 17.0 Å². The van der Waals surface area contributed by atoms with Crippen molar-refractivity contribution in [3.05, 3.63) is 94.5 Å². The van der Waals surface area contributed by atoms with Crippen molar-refractivity contribution in [1.82, 2.24) is 4.72 Å². The maximum Gasteiger partial charge on any atom is 0.258 e. The van der Waals surface area contributed by atoms with E-state index in [1.807, 2.05) is 61.5 Å². The summed E-state index contributed by atoms with van der Waals surface area (Å²) in [6.45, 7) is 4.57. The van der Waals surface area contributed by atoms with E-state index in [1.165, 1.54) is 0 Å². The second-order valence-electron chi connectivity index (χ2n) is 7.63.